The fraction of sp³-hybridized carbons (Fsp3) is 0.368. The van der Waals surface area contributed by atoms with Crippen LogP contribution < -0.4 is 34.6 Å². The number of amides is 4. The smallest absolute Gasteiger partial charge is 0.261 e. The Balaban J connectivity index is 0.00000260. The fourth-order valence-corrected chi connectivity index (χ4v) is 7.10. The summed E-state index contributed by atoms with van der Waals surface area (Å²) >= 11 is 0. The molecule has 6 rings (SSSR count). The van der Waals surface area contributed by atoms with Gasteiger partial charge in [-0.15, -0.1) is 0 Å². The zero-order chi connectivity index (χ0) is 32.2. The third-order valence-corrected chi connectivity index (χ3v) is 9.64. The minimum atomic E-state index is -0.184. The third kappa shape index (κ3) is 7.57. The number of rotatable bonds is 15. The first-order valence-electron chi connectivity index (χ1n) is 16.7. The van der Waals surface area contributed by atoms with Gasteiger partial charge in [0.25, 0.3) is 23.6 Å². The van der Waals surface area contributed by atoms with E-state index in [-0.39, 0.29) is 48.4 Å². The number of halogens is 2. The van der Waals surface area contributed by atoms with E-state index in [2.05, 4.69) is 14.1 Å². The van der Waals surface area contributed by atoms with Crippen LogP contribution in [0, 0.1) is 0 Å². The van der Waals surface area contributed by atoms with Gasteiger partial charge < -0.3 is 34.6 Å². The van der Waals surface area contributed by atoms with E-state index < -0.39 is 0 Å². The van der Waals surface area contributed by atoms with E-state index in [4.69, 9.17) is 0 Å². The quantitative estimate of drug-likeness (QED) is 0.105. The molecule has 0 saturated carbocycles. The molecule has 0 bridgehead atoms. The lowest BCUT2D eigenvalue weighted by Crippen LogP contribution is -3.09. The van der Waals surface area contributed by atoms with Crippen LogP contribution in [0.15, 0.2) is 72.8 Å². The van der Waals surface area contributed by atoms with Gasteiger partial charge >= 0.3 is 0 Å². The molecule has 0 fully saturated rings. The Bertz CT molecular complexity index is 1580. The Hall–Kier alpha value is -3.82. The summed E-state index contributed by atoms with van der Waals surface area (Å²) in [5, 5.41) is 3.42. The normalized spacial score (nSPS) is 15.0. The molecular formula is C38H44Cl2N4O4. The molecule has 2 unspecified atom stereocenters. The number of nitrogens with zero attached hydrogens (tertiary/aromatic N) is 2. The summed E-state index contributed by atoms with van der Waals surface area (Å²) in [6, 6.07) is 22.6. The number of benzene rings is 4. The average molecular weight is 692 g/mol. The number of imide groups is 2. The monoisotopic (exact) mass is 690 g/mol. The molecule has 0 saturated heterocycles. The van der Waals surface area contributed by atoms with Crippen molar-refractivity contribution in [2.24, 2.45) is 0 Å². The van der Waals surface area contributed by atoms with Crippen LogP contribution in [0.25, 0.3) is 21.5 Å². The number of carbonyl (C=O) groups is 4. The molecule has 0 aromatic heterocycles. The maximum atomic E-state index is 13.1. The SMILES string of the molecule is C[NH+](CCCCCC[NH+](C)CCCN1C(=O)c2cccc3cccc(c23)C1=O)CCCN1C(=O)c2cccc3cccc(c23)C1=O.[Cl-].[Cl-]. The van der Waals surface area contributed by atoms with Crippen LogP contribution in [0.1, 0.15) is 80.0 Å². The van der Waals surface area contributed by atoms with Gasteiger partial charge in [-0.05, 0) is 60.7 Å². The van der Waals surface area contributed by atoms with Gasteiger partial charge in [0.15, 0.2) is 0 Å². The lowest BCUT2D eigenvalue weighted by atomic mass is 9.94. The van der Waals surface area contributed by atoms with Crippen LogP contribution in [-0.2, 0) is 0 Å². The minimum Gasteiger partial charge on any atom is -1.00 e. The molecule has 4 amide bonds. The fourth-order valence-electron chi connectivity index (χ4n) is 7.10. The Labute approximate surface area is 294 Å². The highest BCUT2D eigenvalue weighted by Gasteiger charge is 2.33. The lowest BCUT2D eigenvalue weighted by molar-refractivity contribution is -0.880. The molecule has 4 aromatic rings. The van der Waals surface area contributed by atoms with Crippen molar-refractivity contribution in [3.8, 4) is 0 Å². The molecule has 2 atom stereocenters. The Morgan fingerprint density at radius 2 is 0.729 bits per heavy atom. The van der Waals surface area contributed by atoms with Crippen LogP contribution in [0.3, 0.4) is 0 Å². The number of carbonyl (C=O) groups excluding carboxylic acids is 4. The molecule has 2 aliphatic heterocycles. The highest BCUT2D eigenvalue weighted by atomic mass is 35.5. The predicted molar refractivity (Wildman–Crippen MR) is 180 cm³/mol. The largest absolute Gasteiger partial charge is 1.00 e. The first-order chi connectivity index (χ1) is 22.3. The molecule has 0 aliphatic carbocycles. The van der Waals surface area contributed by atoms with E-state index in [1.54, 1.807) is 0 Å². The van der Waals surface area contributed by atoms with Gasteiger partial charge in [0.05, 0.1) is 40.3 Å². The molecule has 2 heterocycles. The Morgan fingerprint density at radius 3 is 1.04 bits per heavy atom. The van der Waals surface area contributed by atoms with Crippen LogP contribution in [-0.4, -0.2) is 86.8 Å². The topological polar surface area (TPSA) is 83.6 Å². The molecule has 2 aliphatic rings. The summed E-state index contributed by atoms with van der Waals surface area (Å²) in [6.07, 6.45) is 6.22. The number of quaternary nitrogens is 2. The highest BCUT2D eigenvalue weighted by Crippen LogP contribution is 2.31. The molecule has 10 heteroatoms. The van der Waals surface area contributed by atoms with Crippen molar-refractivity contribution in [1.82, 2.24) is 9.80 Å². The van der Waals surface area contributed by atoms with E-state index in [9.17, 15) is 19.2 Å². The lowest BCUT2D eigenvalue weighted by Gasteiger charge is -2.27. The van der Waals surface area contributed by atoms with E-state index in [0.29, 0.717) is 35.3 Å². The molecule has 254 valence electrons. The predicted octanol–water partition coefficient (Wildman–Crippen LogP) is -2.74. The number of hydrogen-bond donors (Lipinski definition) is 2. The van der Waals surface area contributed by atoms with E-state index in [0.717, 1.165) is 73.4 Å². The maximum absolute atomic E-state index is 13.1. The van der Waals surface area contributed by atoms with E-state index in [1.165, 1.54) is 32.4 Å². The average Bonchev–Trinajstić information content (AvgIpc) is 3.07. The maximum Gasteiger partial charge on any atom is 0.261 e. The van der Waals surface area contributed by atoms with Crippen molar-refractivity contribution in [3.63, 3.8) is 0 Å². The molecule has 0 radical (unpaired) electrons. The zero-order valence-corrected chi connectivity index (χ0v) is 29.2. The van der Waals surface area contributed by atoms with Crippen molar-refractivity contribution < 1.29 is 53.8 Å². The van der Waals surface area contributed by atoms with Gasteiger partial charge in [0.2, 0.25) is 0 Å². The molecular weight excluding hydrogens is 647 g/mol. The van der Waals surface area contributed by atoms with Gasteiger partial charge in [-0.1, -0.05) is 48.5 Å². The second kappa shape index (κ2) is 16.5. The van der Waals surface area contributed by atoms with Gasteiger partial charge in [-0.2, -0.15) is 0 Å². The van der Waals surface area contributed by atoms with Crippen LogP contribution >= 0.6 is 0 Å². The van der Waals surface area contributed by atoms with Crippen molar-refractivity contribution in [3.05, 3.63) is 95.1 Å². The molecule has 0 spiro atoms. The Kier molecular flexibility index (Phi) is 12.7. The summed E-state index contributed by atoms with van der Waals surface area (Å²) < 4.78 is 0. The number of unbranched alkanes of at least 4 members (excludes halogenated alkanes) is 3. The van der Waals surface area contributed by atoms with E-state index in [1.807, 2.05) is 72.8 Å². The van der Waals surface area contributed by atoms with Gasteiger partial charge in [0, 0.05) is 59.0 Å². The number of hydrogen-bond acceptors (Lipinski definition) is 4. The summed E-state index contributed by atoms with van der Waals surface area (Å²) in [5.74, 6) is -0.736. The van der Waals surface area contributed by atoms with Crippen molar-refractivity contribution >= 4 is 45.2 Å². The standard InChI is InChI=1S/C38H42N4O4.2ClH/c1-39(23-11-25-41-35(43)29-17-7-13-27-14-8-18-30(33(27)29)36(41)44)21-5-3-4-6-22-40(2)24-12-26-42-37(45)31-19-9-15-28-16-10-20-32(34(28)31)38(42)46;;/h7-10,13-20H,3-6,11-12,21-26H2,1-2H3;2*1H. The van der Waals surface area contributed by atoms with Gasteiger partial charge in [-0.25, -0.2) is 0 Å². The second-order valence-electron chi connectivity index (χ2n) is 13.0. The first-order valence-corrected chi connectivity index (χ1v) is 16.7. The third-order valence-electron chi connectivity index (χ3n) is 9.64. The van der Waals surface area contributed by atoms with Crippen LogP contribution in [0.5, 0.6) is 0 Å². The summed E-state index contributed by atoms with van der Waals surface area (Å²) in [7, 11) is 4.37. The summed E-state index contributed by atoms with van der Waals surface area (Å²) in [6.45, 7) is 4.86. The number of nitrogens with one attached hydrogen (secondary N) is 2. The van der Waals surface area contributed by atoms with Crippen molar-refractivity contribution in [2.75, 3.05) is 53.4 Å². The highest BCUT2D eigenvalue weighted by molar-refractivity contribution is 6.26. The van der Waals surface area contributed by atoms with Crippen molar-refractivity contribution in [1.29, 1.82) is 0 Å². The van der Waals surface area contributed by atoms with E-state index >= 15 is 0 Å². The summed E-state index contributed by atoms with van der Waals surface area (Å²) in [5.41, 5.74) is 2.49. The molecule has 48 heavy (non-hydrogen) atoms. The van der Waals surface area contributed by atoms with Gasteiger partial charge in [0.1, 0.15) is 0 Å². The Morgan fingerprint density at radius 1 is 0.438 bits per heavy atom. The van der Waals surface area contributed by atoms with Crippen molar-refractivity contribution in [2.45, 2.75) is 38.5 Å². The molecule has 2 N–H and O–H groups in total. The molecule has 4 aromatic carbocycles. The second-order valence-corrected chi connectivity index (χ2v) is 13.0. The minimum absolute atomic E-state index is 0. The van der Waals surface area contributed by atoms with Crippen LogP contribution in [0.2, 0.25) is 0 Å². The van der Waals surface area contributed by atoms with Crippen LogP contribution in [0.4, 0.5) is 0 Å². The first kappa shape index (κ1) is 37.0. The molecule has 8 nitrogen and oxygen atoms in total. The zero-order valence-electron chi connectivity index (χ0n) is 27.7. The van der Waals surface area contributed by atoms with Gasteiger partial charge in [-0.3, -0.25) is 29.0 Å². The summed E-state index contributed by atoms with van der Waals surface area (Å²) in [4.78, 5) is 58.1.